The lowest BCUT2D eigenvalue weighted by Crippen LogP contribution is -2.16. The van der Waals surface area contributed by atoms with Gasteiger partial charge in [0.2, 0.25) is 0 Å². The Balaban J connectivity index is 2.14. The SMILES string of the molecule is CNCCC(Oc1ccc(C)cc1)c1ccc(O)cc1. The van der Waals surface area contributed by atoms with Crippen molar-refractivity contribution < 1.29 is 9.84 Å². The van der Waals surface area contributed by atoms with Gasteiger partial charge in [-0.1, -0.05) is 29.8 Å². The minimum Gasteiger partial charge on any atom is -0.508 e. The smallest absolute Gasteiger partial charge is 0.125 e. The summed E-state index contributed by atoms with van der Waals surface area (Å²) in [7, 11) is 1.93. The van der Waals surface area contributed by atoms with E-state index in [0.29, 0.717) is 0 Å². The molecule has 3 nitrogen and oxygen atoms in total. The molecule has 0 aromatic heterocycles. The van der Waals surface area contributed by atoms with Crippen LogP contribution >= 0.6 is 0 Å². The van der Waals surface area contributed by atoms with Crippen molar-refractivity contribution in [1.29, 1.82) is 0 Å². The van der Waals surface area contributed by atoms with Gasteiger partial charge < -0.3 is 15.2 Å². The summed E-state index contributed by atoms with van der Waals surface area (Å²) in [6.07, 6.45) is 0.848. The fourth-order valence-corrected chi connectivity index (χ4v) is 2.04. The zero-order chi connectivity index (χ0) is 14.4. The zero-order valence-corrected chi connectivity index (χ0v) is 12.0. The second-order valence-corrected chi connectivity index (χ2v) is 4.90. The van der Waals surface area contributed by atoms with Crippen LogP contribution in [0.4, 0.5) is 0 Å². The lowest BCUT2D eigenvalue weighted by atomic mass is 10.1. The third-order valence-corrected chi connectivity index (χ3v) is 3.22. The Morgan fingerprint density at radius 3 is 2.30 bits per heavy atom. The Bertz CT molecular complexity index is 520. The van der Waals surface area contributed by atoms with Crippen molar-refractivity contribution in [3.63, 3.8) is 0 Å². The molecule has 0 heterocycles. The van der Waals surface area contributed by atoms with Crippen LogP contribution in [0.3, 0.4) is 0 Å². The maximum absolute atomic E-state index is 9.38. The number of nitrogens with one attached hydrogen (secondary N) is 1. The maximum atomic E-state index is 9.38. The fraction of sp³-hybridized carbons (Fsp3) is 0.294. The standard InChI is InChI=1S/C17H21NO2/c1-13-3-9-16(10-4-13)20-17(11-12-18-2)14-5-7-15(19)8-6-14/h3-10,17-19H,11-12H2,1-2H3. The molecule has 0 saturated carbocycles. The van der Waals surface area contributed by atoms with Crippen molar-refractivity contribution in [2.45, 2.75) is 19.4 Å². The van der Waals surface area contributed by atoms with Crippen molar-refractivity contribution in [1.82, 2.24) is 5.32 Å². The first-order chi connectivity index (χ1) is 9.69. The van der Waals surface area contributed by atoms with E-state index in [0.717, 1.165) is 24.3 Å². The van der Waals surface area contributed by atoms with E-state index in [4.69, 9.17) is 4.74 Å². The quantitative estimate of drug-likeness (QED) is 0.845. The van der Waals surface area contributed by atoms with Gasteiger partial charge >= 0.3 is 0 Å². The number of hydrogen-bond donors (Lipinski definition) is 2. The number of phenols is 1. The van der Waals surface area contributed by atoms with E-state index in [-0.39, 0.29) is 11.9 Å². The molecule has 2 rings (SSSR count). The third kappa shape index (κ3) is 4.00. The number of phenolic OH excluding ortho intramolecular Hbond substituents is 1. The summed E-state index contributed by atoms with van der Waals surface area (Å²) in [5.74, 6) is 1.14. The van der Waals surface area contributed by atoms with E-state index in [1.54, 1.807) is 12.1 Å². The molecular weight excluding hydrogens is 250 g/mol. The van der Waals surface area contributed by atoms with Gasteiger partial charge in [-0.15, -0.1) is 0 Å². The lowest BCUT2D eigenvalue weighted by molar-refractivity contribution is 0.195. The van der Waals surface area contributed by atoms with Gasteiger partial charge in [-0.25, -0.2) is 0 Å². The number of aryl methyl sites for hydroxylation is 1. The molecule has 20 heavy (non-hydrogen) atoms. The highest BCUT2D eigenvalue weighted by atomic mass is 16.5. The van der Waals surface area contributed by atoms with Crippen LogP contribution in [0.5, 0.6) is 11.5 Å². The van der Waals surface area contributed by atoms with Gasteiger partial charge in [-0.05, 0) is 50.3 Å². The number of aromatic hydroxyl groups is 1. The molecular formula is C17H21NO2. The topological polar surface area (TPSA) is 41.5 Å². The summed E-state index contributed by atoms with van der Waals surface area (Å²) >= 11 is 0. The number of benzene rings is 2. The monoisotopic (exact) mass is 271 g/mol. The Morgan fingerprint density at radius 2 is 1.70 bits per heavy atom. The fourth-order valence-electron chi connectivity index (χ4n) is 2.04. The van der Waals surface area contributed by atoms with Crippen LogP contribution in [-0.4, -0.2) is 18.7 Å². The summed E-state index contributed by atoms with van der Waals surface area (Å²) in [5, 5.41) is 12.5. The van der Waals surface area contributed by atoms with Gasteiger partial charge in [0.15, 0.2) is 0 Å². The summed E-state index contributed by atoms with van der Waals surface area (Å²) in [5.41, 5.74) is 2.28. The van der Waals surface area contributed by atoms with Gasteiger partial charge in [0.05, 0.1) is 0 Å². The van der Waals surface area contributed by atoms with Crippen LogP contribution in [0.1, 0.15) is 23.7 Å². The van der Waals surface area contributed by atoms with Crippen molar-refractivity contribution in [3.05, 3.63) is 59.7 Å². The van der Waals surface area contributed by atoms with Gasteiger partial charge in [0.1, 0.15) is 17.6 Å². The van der Waals surface area contributed by atoms with Crippen molar-refractivity contribution in [2.75, 3.05) is 13.6 Å². The second-order valence-electron chi connectivity index (χ2n) is 4.90. The number of hydrogen-bond acceptors (Lipinski definition) is 3. The Hall–Kier alpha value is -2.00. The molecule has 0 bridgehead atoms. The second kappa shape index (κ2) is 6.96. The molecule has 0 spiro atoms. The average molecular weight is 271 g/mol. The first-order valence-corrected chi connectivity index (χ1v) is 6.86. The molecule has 2 aromatic carbocycles. The predicted octanol–water partition coefficient (Wildman–Crippen LogP) is 3.43. The highest BCUT2D eigenvalue weighted by Gasteiger charge is 2.13. The third-order valence-electron chi connectivity index (χ3n) is 3.22. The van der Waals surface area contributed by atoms with Crippen LogP contribution in [0.15, 0.2) is 48.5 Å². The van der Waals surface area contributed by atoms with Crippen molar-refractivity contribution >= 4 is 0 Å². The van der Waals surface area contributed by atoms with Crippen molar-refractivity contribution in [2.24, 2.45) is 0 Å². The number of rotatable bonds is 6. The Morgan fingerprint density at radius 1 is 1.05 bits per heavy atom. The first kappa shape index (κ1) is 14.4. The molecule has 0 saturated heterocycles. The molecule has 0 aliphatic carbocycles. The van der Waals surface area contributed by atoms with E-state index in [1.165, 1.54) is 5.56 Å². The highest BCUT2D eigenvalue weighted by Crippen LogP contribution is 2.26. The lowest BCUT2D eigenvalue weighted by Gasteiger charge is -2.20. The average Bonchev–Trinajstić information content (AvgIpc) is 2.46. The van der Waals surface area contributed by atoms with E-state index >= 15 is 0 Å². The Labute approximate surface area is 120 Å². The molecule has 2 N–H and O–H groups in total. The predicted molar refractivity (Wildman–Crippen MR) is 81.2 cm³/mol. The summed E-state index contributed by atoms with van der Waals surface area (Å²) in [6.45, 7) is 2.93. The maximum Gasteiger partial charge on any atom is 0.125 e. The van der Waals surface area contributed by atoms with Crippen LogP contribution in [-0.2, 0) is 0 Å². The van der Waals surface area contributed by atoms with Gasteiger partial charge in [-0.3, -0.25) is 0 Å². The summed E-state index contributed by atoms with van der Waals surface area (Å²) in [6, 6.07) is 15.3. The zero-order valence-electron chi connectivity index (χ0n) is 12.0. The largest absolute Gasteiger partial charge is 0.508 e. The molecule has 0 fully saturated rings. The van der Waals surface area contributed by atoms with Crippen LogP contribution in [0.2, 0.25) is 0 Å². The number of ether oxygens (including phenoxy) is 1. The first-order valence-electron chi connectivity index (χ1n) is 6.86. The molecule has 106 valence electrons. The normalized spacial score (nSPS) is 12.1. The van der Waals surface area contributed by atoms with Crippen LogP contribution in [0, 0.1) is 6.92 Å². The minimum absolute atomic E-state index is 0.0224. The molecule has 2 aromatic rings. The molecule has 0 amide bonds. The van der Waals surface area contributed by atoms with E-state index in [2.05, 4.69) is 12.2 Å². The van der Waals surface area contributed by atoms with Crippen LogP contribution < -0.4 is 10.1 Å². The molecule has 1 atom stereocenters. The molecule has 0 aliphatic rings. The highest BCUT2D eigenvalue weighted by molar-refractivity contribution is 5.30. The van der Waals surface area contributed by atoms with Crippen molar-refractivity contribution in [3.8, 4) is 11.5 Å². The molecule has 0 aliphatic heterocycles. The van der Waals surface area contributed by atoms with Gasteiger partial charge in [-0.2, -0.15) is 0 Å². The summed E-state index contributed by atoms with van der Waals surface area (Å²) < 4.78 is 6.08. The van der Waals surface area contributed by atoms with Crippen LogP contribution in [0.25, 0.3) is 0 Å². The molecule has 0 radical (unpaired) electrons. The van der Waals surface area contributed by atoms with E-state index in [1.807, 2.05) is 43.4 Å². The minimum atomic E-state index is -0.0224. The molecule has 3 heteroatoms. The Kier molecular flexibility index (Phi) is 5.02. The van der Waals surface area contributed by atoms with E-state index in [9.17, 15) is 5.11 Å². The summed E-state index contributed by atoms with van der Waals surface area (Å²) in [4.78, 5) is 0. The van der Waals surface area contributed by atoms with Gasteiger partial charge in [0.25, 0.3) is 0 Å². The van der Waals surface area contributed by atoms with Gasteiger partial charge in [0, 0.05) is 6.42 Å². The molecule has 1 unspecified atom stereocenters. The van der Waals surface area contributed by atoms with E-state index < -0.39 is 0 Å².